The van der Waals surface area contributed by atoms with E-state index in [1.54, 1.807) is 24.3 Å². The van der Waals surface area contributed by atoms with E-state index in [0.29, 0.717) is 58.2 Å². The van der Waals surface area contributed by atoms with E-state index in [1.165, 1.54) is 12.1 Å². The van der Waals surface area contributed by atoms with E-state index in [0.717, 1.165) is 31.2 Å². The average Bonchev–Trinajstić information content (AvgIpc) is 3.30. The Hall–Kier alpha value is -4.46. The van der Waals surface area contributed by atoms with E-state index in [1.807, 2.05) is 68.1 Å². The minimum Gasteiger partial charge on any atom is -0.456 e. The summed E-state index contributed by atoms with van der Waals surface area (Å²) in [6.45, 7) is 6.94. The number of halogens is 3. The van der Waals surface area contributed by atoms with E-state index >= 15 is 0 Å². The third-order valence-electron chi connectivity index (χ3n) is 8.46. The standard InChI is InChI=1S/C36H35F3N2O3/c1-4-6-20-41(21-7-5-2)33-29(36(37,38)39)18-16-23(3)32(33)40-24-17-19-28-31(22-24)43-30-15-11-10-14-27(30)35(28)26-13-9-8-12-25(26)34(42)44-35/h8-19,22,40H,4-7,20-21H2,1-3H3. The van der Waals surface area contributed by atoms with E-state index in [4.69, 9.17) is 9.47 Å². The zero-order valence-electron chi connectivity index (χ0n) is 25.1. The number of nitrogens with zero attached hydrogens (tertiary/aromatic N) is 1. The Balaban J connectivity index is 1.48. The van der Waals surface area contributed by atoms with Crippen molar-refractivity contribution < 1.29 is 27.4 Å². The summed E-state index contributed by atoms with van der Waals surface area (Å²) in [6.07, 6.45) is -1.22. The molecule has 0 aromatic heterocycles. The van der Waals surface area contributed by atoms with Gasteiger partial charge in [0.2, 0.25) is 0 Å². The first-order valence-corrected chi connectivity index (χ1v) is 15.2. The quantitative estimate of drug-likeness (QED) is 0.194. The van der Waals surface area contributed by atoms with Gasteiger partial charge in [-0.3, -0.25) is 0 Å². The maximum absolute atomic E-state index is 14.5. The van der Waals surface area contributed by atoms with Crippen LogP contribution in [-0.4, -0.2) is 19.1 Å². The van der Waals surface area contributed by atoms with Crippen LogP contribution in [-0.2, 0) is 16.5 Å². The van der Waals surface area contributed by atoms with Gasteiger partial charge < -0.3 is 19.7 Å². The van der Waals surface area contributed by atoms with Gasteiger partial charge in [0.05, 0.1) is 22.5 Å². The van der Waals surface area contributed by atoms with Gasteiger partial charge in [0.1, 0.15) is 11.5 Å². The van der Waals surface area contributed by atoms with Crippen molar-refractivity contribution in [2.24, 2.45) is 0 Å². The number of hydrogen-bond acceptors (Lipinski definition) is 5. The van der Waals surface area contributed by atoms with Crippen LogP contribution < -0.4 is 15.0 Å². The monoisotopic (exact) mass is 600 g/mol. The minimum atomic E-state index is -4.52. The van der Waals surface area contributed by atoms with Crippen LogP contribution in [0.1, 0.15) is 77.7 Å². The minimum absolute atomic E-state index is 0.165. The highest BCUT2D eigenvalue weighted by Gasteiger charge is 2.53. The first kappa shape index (κ1) is 29.6. The van der Waals surface area contributed by atoms with Crippen molar-refractivity contribution in [2.75, 3.05) is 23.3 Å². The van der Waals surface area contributed by atoms with Gasteiger partial charge in [-0.25, -0.2) is 4.79 Å². The van der Waals surface area contributed by atoms with Crippen LogP contribution in [0.25, 0.3) is 0 Å². The van der Waals surface area contributed by atoms with Crippen LogP contribution in [0.3, 0.4) is 0 Å². The first-order chi connectivity index (χ1) is 21.2. The predicted octanol–water partition coefficient (Wildman–Crippen LogP) is 9.73. The molecule has 1 spiro atoms. The number of ether oxygens (including phenoxy) is 2. The maximum Gasteiger partial charge on any atom is 0.418 e. The van der Waals surface area contributed by atoms with Crippen molar-refractivity contribution in [1.82, 2.24) is 0 Å². The van der Waals surface area contributed by atoms with Gasteiger partial charge >= 0.3 is 12.1 Å². The fourth-order valence-electron chi connectivity index (χ4n) is 6.29. The lowest BCUT2D eigenvalue weighted by Crippen LogP contribution is -2.33. The summed E-state index contributed by atoms with van der Waals surface area (Å²) in [6, 6.07) is 22.9. The molecule has 0 amide bonds. The molecule has 0 saturated heterocycles. The molecule has 1 N–H and O–H groups in total. The Morgan fingerprint density at radius 3 is 2.18 bits per heavy atom. The van der Waals surface area contributed by atoms with Gasteiger partial charge in [-0.05, 0) is 55.7 Å². The zero-order valence-corrected chi connectivity index (χ0v) is 25.1. The Morgan fingerprint density at radius 2 is 1.48 bits per heavy atom. The molecule has 4 aromatic rings. The Morgan fingerprint density at radius 1 is 0.818 bits per heavy atom. The number of fused-ring (bicyclic) bond motifs is 6. The van der Waals surface area contributed by atoms with Gasteiger partial charge in [-0.2, -0.15) is 13.2 Å². The molecule has 0 bridgehead atoms. The van der Waals surface area contributed by atoms with Crippen molar-refractivity contribution in [3.8, 4) is 11.5 Å². The first-order valence-electron chi connectivity index (χ1n) is 15.2. The number of rotatable bonds is 9. The SMILES string of the molecule is CCCCN(CCCC)c1c(C(F)(F)F)ccc(C)c1Nc1ccc2c(c1)Oc1ccccc1C21OC(=O)c2ccccc21. The molecule has 4 aromatic carbocycles. The highest BCUT2D eigenvalue weighted by Crippen LogP contribution is 2.56. The molecule has 0 saturated carbocycles. The normalized spacial score (nSPS) is 16.5. The second-order valence-electron chi connectivity index (χ2n) is 11.4. The Labute approximate surface area is 255 Å². The number of hydrogen-bond donors (Lipinski definition) is 1. The van der Waals surface area contributed by atoms with E-state index in [-0.39, 0.29) is 5.69 Å². The number of carbonyl (C=O) groups excluding carboxylic acids is 1. The Bertz CT molecular complexity index is 1710. The number of nitrogens with one attached hydrogen (secondary N) is 1. The van der Waals surface area contributed by atoms with Crippen molar-refractivity contribution in [2.45, 2.75) is 58.2 Å². The van der Waals surface area contributed by atoms with Gasteiger partial charge in [0, 0.05) is 41.5 Å². The molecule has 0 radical (unpaired) electrons. The third-order valence-corrected chi connectivity index (χ3v) is 8.46. The molecular formula is C36H35F3N2O3. The molecular weight excluding hydrogens is 565 g/mol. The summed E-state index contributed by atoms with van der Waals surface area (Å²) in [4.78, 5) is 15.0. The molecule has 1 atom stereocenters. The second-order valence-corrected chi connectivity index (χ2v) is 11.4. The highest BCUT2D eigenvalue weighted by molar-refractivity contribution is 5.97. The fourth-order valence-corrected chi connectivity index (χ4v) is 6.29. The fraction of sp³-hybridized carbons (Fsp3) is 0.306. The number of para-hydroxylation sites is 1. The summed E-state index contributed by atoms with van der Waals surface area (Å²) in [7, 11) is 0. The van der Waals surface area contributed by atoms with Crippen molar-refractivity contribution in [3.05, 3.63) is 112 Å². The van der Waals surface area contributed by atoms with Crippen molar-refractivity contribution >= 4 is 23.0 Å². The molecule has 2 aliphatic rings. The number of aryl methyl sites for hydroxylation is 1. The summed E-state index contributed by atoms with van der Waals surface area (Å²) < 4.78 is 56.0. The van der Waals surface area contributed by atoms with Crippen LogP contribution >= 0.6 is 0 Å². The van der Waals surface area contributed by atoms with Gasteiger partial charge in [-0.15, -0.1) is 0 Å². The van der Waals surface area contributed by atoms with E-state index in [9.17, 15) is 18.0 Å². The highest BCUT2D eigenvalue weighted by atomic mass is 19.4. The van der Waals surface area contributed by atoms with Crippen molar-refractivity contribution in [3.63, 3.8) is 0 Å². The third kappa shape index (κ3) is 4.96. The van der Waals surface area contributed by atoms with E-state index in [2.05, 4.69) is 5.32 Å². The zero-order chi connectivity index (χ0) is 31.1. The van der Waals surface area contributed by atoms with Crippen LogP contribution in [0.5, 0.6) is 11.5 Å². The van der Waals surface area contributed by atoms with Crippen LogP contribution in [0.2, 0.25) is 0 Å². The summed E-state index contributed by atoms with van der Waals surface area (Å²) in [5.41, 5.74) is 2.55. The molecule has 2 aliphatic heterocycles. The molecule has 1 unspecified atom stereocenters. The topological polar surface area (TPSA) is 50.8 Å². The van der Waals surface area contributed by atoms with Crippen LogP contribution in [0, 0.1) is 6.92 Å². The average molecular weight is 601 g/mol. The predicted molar refractivity (Wildman–Crippen MR) is 166 cm³/mol. The van der Waals surface area contributed by atoms with E-state index < -0.39 is 23.3 Å². The largest absolute Gasteiger partial charge is 0.456 e. The molecule has 8 heteroatoms. The van der Waals surface area contributed by atoms with Gasteiger partial charge in [-0.1, -0.05) is 69.2 Å². The molecule has 6 rings (SSSR count). The van der Waals surface area contributed by atoms with Gasteiger partial charge in [0.15, 0.2) is 5.60 Å². The van der Waals surface area contributed by atoms with Crippen LogP contribution in [0.15, 0.2) is 78.9 Å². The number of alkyl halides is 3. The second kappa shape index (κ2) is 11.6. The molecule has 44 heavy (non-hydrogen) atoms. The smallest absolute Gasteiger partial charge is 0.418 e. The lowest BCUT2D eigenvalue weighted by atomic mass is 9.77. The summed E-state index contributed by atoms with van der Waals surface area (Å²) in [5.74, 6) is 0.579. The Kier molecular flexibility index (Phi) is 7.78. The number of unbranched alkanes of at least 4 members (excludes halogenated alkanes) is 2. The number of anilines is 3. The summed E-state index contributed by atoms with van der Waals surface area (Å²) in [5, 5.41) is 3.34. The summed E-state index contributed by atoms with van der Waals surface area (Å²) >= 11 is 0. The number of carbonyl (C=O) groups is 1. The number of benzene rings is 4. The lowest BCUT2D eigenvalue weighted by molar-refractivity contribution is -0.137. The lowest BCUT2D eigenvalue weighted by Gasteiger charge is -2.36. The molecule has 0 fully saturated rings. The van der Waals surface area contributed by atoms with Crippen molar-refractivity contribution in [1.29, 1.82) is 0 Å². The molecule has 0 aliphatic carbocycles. The molecule has 2 heterocycles. The van der Waals surface area contributed by atoms with Gasteiger partial charge in [0.25, 0.3) is 0 Å². The number of esters is 1. The maximum atomic E-state index is 14.5. The molecule has 5 nitrogen and oxygen atoms in total. The molecule has 228 valence electrons. The van der Waals surface area contributed by atoms with Crippen LogP contribution in [0.4, 0.5) is 30.2 Å².